The first kappa shape index (κ1) is 11.9. The summed E-state index contributed by atoms with van der Waals surface area (Å²) in [5, 5.41) is 12.5. The zero-order valence-corrected chi connectivity index (χ0v) is 9.98. The molecule has 0 aromatic heterocycles. The highest BCUT2D eigenvalue weighted by molar-refractivity contribution is 5.81. The number of aliphatic hydroxyl groups is 1. The summed E-state index contributed by atoms with van der Waals surface area (Å²) < 4.78 is 0. The molecule has 2 rings (SSSR count). The molecule has 1 aliphatic carbocycles. The number of carbonyl (C=O) groups is 1. The predicted molar refractivity (Wildman–Crippen MR) is 62.1 cm³/mol. The summed E-state index contributed by atoms with van der Waals surface area (Å²) in [5.74, 6) is 0.126. The van der Waals surface area contributed by atoms with Gasteiger partial charge in [-0.05, 0) is 26.2 Å². The minimum Gasteiger partial charge on any atom is -0.392 e. The van der Waals surface area contributed by atoms with Crippen molar-refractivity contribution in [1.82, 2.24) is 10.2 Å². The third-order valence-electron chi connectivity index (χ3n) is 3.82. The summed E-state index contributed by atoms with van der Waals surface area (Å²) in [5.41, 5.74) is 0. The van der Waals surface area contributed by atoms with Crippen LogP contribution in [0, 0.1) is 0 Å². The lowest BCUT2D eigenvalue weighted by Gasteiger charge is -2.24. The quantitative estimate of drug-likeness (QED) is 0.737. The standard InChI is InChI=1S/C12H22N2O2/c1-9(14-7-6-11(15)8-14)12(16)13-10-4-2-3-5-10/h9-11,15H,2-8H2,1H3,(H,13,16)/t9?,11-/m1/s1. The SMILES string of the molecule is CC(C(=O)NC1CCCC1)N1CC[C@@H](O)C1. The molecule has 2 fully saturated rings. The lowest BCUT2D eigenvalue weighted by atomic mass is 10.2. The van der Waals surface area contributed by atoms with Crippen molar-refractivity contribution in [2.75, 3.05) is 13.1 Å². The van der Waals surface area contributed by atoms with E-state index in [0.717, 1.165) is 25.8 Å². The van der Waals surface area contributed by atoms with Gasteiger partial charge < -0.3 is 10.4 Å². The monoisotopic (exact) mass is 226 g/mol. The lowest BCUT2D eigenvalue weighted by Crippen LogP contribution is -2.47. The van der Waals surface area contributed by atoms with Crippen LogP contribution in [0.4, 0.5) is 0 Å². The third kappa shape index (κ3) is 2.74. The van der Waals surface area contributed by atoms with Gasteiger partial charge in [0, 0.05) is 19.1 Å². The number of aliphatic hydroxyl groups excluding tert-OH is 1. The van der Waals surface area contributed by atoms with E-state index in [1.807, 2.05) is 6.92 Å². The highest BCUT2D eigenvalue weighted by atomic mass is 16.3. The predicted octanol–water partition coefficient (Wildman–Crippen LogP) is 0.500. The zero-order chi connectivity index (χ0) is 11.5. The van der Waals surface area contributed by atoms with E-state index in [9.17, 15) is 9.90 Å². The first-order valence-corrected chi connectivity index (χ1v) is 6.39. The van der Waals surface area contributed by atoms with Gasteiger partial charge in [-0.25, -0.2) is 0 Å². The molecule has 2 aliphatic rings. The number of nitrogens with one attached hydrogen (secondary N) is 1. The van der Waals surface area contributed by atoms with Gasteiger partial charge in [-0.15, -0.1) is 0 Å². The molecule has 0 aromatic carbocycles. The molecule has 0 radical (unpaired) electrons. The molecule has 1 saturated carbocycles. The number of β-amino-alcohol motifs (C(OH)–C–C–N with tert-alkyl or cyclic N) is 1. The van der Waals surface area contributed by atoms with E-state index < -0.39 is 0 Å². The Morgan fingerprint density at radius 3 is 2.62 bits per heavy atom. The van der Waals surface area contributed by atoms with Crippen LogP contribution in [0.5, 0.6) is 0 Å². The van der Waals surface area contributed by atoms with Gasteiger partial charge in [0.05, 0.1) is 12.1 Å². The fourth-order valence-electron chi connectivity index (χ4n) is 2.68. The molecule has 0 spiro atoms. The normalized spacial score (nSPS) is 29.5. The van der Waals surface area contributed by atoms with Crippen molar-refractivity contribution in [1.29, 1.82) is 0 Å². The van der Waals surface area contributed by atoms with Crippen LogP contribution in [0.15, 0.2) is 0 Å². The molecular formula is C12H22N2O2. The Hall–Kier alpha value is -0.610. The maximum absolute atomic E-state index is 12.0. The van der Waals surface area contributed by atoms with Crippen LogP contribution in [0.25, 0.3) is 0 Å². The van der Waals surface area contributed by atoms with Crippen LogP contribution >= 0.6 is 0 Å². The second kappa shape index (κ2) is 5.15. The molecular weight excluding hydrogens is 204 g/mol. The molecule has 1 unspecified atom stereocenters. The summed E-state index contributed by atoms with van der Waals surface area (Å²) in [6.45, 7) is 3.40. The Kier molecular flexibility index (Phi) is 3.82. The van der Waals surface area contributed by atoms with E-state index in [0.29, 0.717) is 12.6 Å². The number of hydrogen-bond acceptors (Lipinski definition) is 3. The zero-order valence-electron chi connectivity index (χ0n) is 9.98. The van der Waals surface area contributed by atoms with Gasteiger partial charge in [-0.3, -0.25) is 9.69 Å². The third-order valence-corrected chi connectivity index (χ3v) is 3.82. The molecule has 2 N–H and O–H groups in total. The molecule has 0 bridgehead atoms. The molecule has 2 atom stereocenters. The highest BCUT2D eigenvalue weighted by Gasteiger charge is 2.29. The Bertz CT molecular complexity index is 251. The van der Waals surface area contributed by atoms with E-state index in [1.165, 1.54) is 12.8 Å². The molecule has 4 heteroatoms. The average molecular weight is 226 g/mol. The van der Waals surface area contributed by atoms with Crippen LogP contribution < -0.4 is 5.32 Å². The number of nitrogens with zero attached hydrogens (tertiary/aromatic N) is 1. The van der Waals surface area contributed by atoms with E-state index in [-0.39, 0.29) is 18.1 Å². The maximum Gasteiger partial charge on any atom is 0.237 e. The average Bonchev–Trinajstić information content (AvgIpc) is 2.88. The maximum atomic E-state index is 12.0. The van der Waals surface area contributed by atoms with Crippen molar-refractivity contribution in [2.45, 2.75) is 57.2 Å². The summed E-state index contributed by atoms with van der Waals surface area (Å²) in [4.78, 5) is 14.0. The van der Waals surface area contributed by atoms with Crippen molar-refractivity contribution >= 4 is 5.91 Å². The summed E-state index contributed by atoms with van der Waals surface area (Å²) >= 11 is 0. The summed E-state index contributed by atoms with van der Waals surface area (Å²) in [7, 11) is 0. The van der Waals surface area contributed by atoms with Crippen molar-refractivity contribution in [3.63, 3.8) is 0 Å². The van der Waals surface area contributed by atoms with Crippen molar-refractivity contribution in [2.24, 2.45) is 0 Å². The fraction of sp³-hybridized carbons (Fsp3) is 0.917. The number of likely N-dealkylation sites (tertiary alicyclic amines) is 1. The van der Waals surface area contributed by atoms with Crippen LogP contribution in [0.2, 0.25) is 0 Å². The van der Waals surface area contributed by atoms with E-state index in [2.05, 4.69) is 10.2 Å². The van der Waals surface area contributed by atoms with Crippen molar-refractivity contribution < 1.29 is 9.90 Å². The van der Waals surface area contributed by atoms with E-state index >= 15 is 0 Å². The number of hydrogen-bond donors (Lipinski definition) is 2. The first-order valence-electron chi connectivity index (χ1n) is 6.39. The van der Waals surface area contributed by atoms with Crippen LogP contribution in [-0.2, 0) is 4.79 Å². The topological polar surface area (TPSA) is 52.6 Å². The van der Waals surface area contributed by atoms with Gasteiger partial charge in [-0.2, -0.15) is 0 Å². The van der Waals surface area contributed by atoms with Gasteiger partial charge in [0.15, 0.2) is 0 Å². The molecule has 16 heavy (non-hydrogen) atoms. The van der Waals surface area contributed by atoms with Gasteiger partial charge in [0.25, 0.3) is 0 Å². The number of rotatable bonds is 3. The molecule has 1 aliphatic heterocycles. The number of amides is 1. The first-order chi connectivity index (χ1) is 7.66. The van der Waals surface area contributed by atoms with Gasteiger partial charge >= 0.3 is 0 Å². The van der Waals surface area contributed by atoms with Crippen LogP contribution in [-0.4, -0.2) is 47.2 Å². The molecule has 4 nitrogen and oxygen atoms in total. The second-order valence-electron chi connectivity index (χ2n) is 5.10. The molecule has 92 valence electrons. The Balaban J connectivity index is 1.79. The Morgan fingerprint density at radius 2 is 2.06 bits per heavy atom. The minimum absolute atomic E-state index is 0.0993. The fourth-order valence-corrected chi connectivity index (χ4v) is 2.68. The van der Waals surface area contributed by atoms with Crippen molar-refractivity contribution in [3.8, 4) is 0 Å². The minimum atomic E-state index is -0.248. The molecule has 1 heterocycles. The molecule has 1 saturated heterocycles. The lowest BCUT2D eigenvalue weighted by molar-refractivity contribution is -0.126. The smallest absolute Gasteiger partial charge is 0.237 e. The van der Waals surface area contributed by atoms with Gasteiger partial charge in [0.1, 0.15) is 0 Å². The van der Waals surface area contributed by atoms with Crippen molar-refractivity contribution in [3.05, 3.63) is 0 Å². The Labute approximate surface area is 97.0 Å². The summed E-state index contributed by atoms with van der Waals surface area (Å²) in [6.07, 6.45) is 5.27. The number of carbonyl (C=O) groups excluding carboxylic acids is 1. The molecule has 1 amide bonds. The summed E-state index contributed by atoms with van der Waals surface area (Å²) in [6, 6.07) is 0.292. The van der Waals surface area contributed by atoms with Crippen LogP contribution in [0.3, 0.4) is 0 Å². The van der Waals surface area contributed by atoms with E-state index in [1.54, 1.807) is 0 Å². The second-order valence-corrected chi connectivity index (χ2v) is 5.10. The highest BCUT2D eigenvalue weighted by Crippen LogP contribution is 2.18. The largest absolute Gasteiger partial charge is 0.392 e. The van der Waals surface area contributed by atoms with E-state index in [4.69, 9.17) is 0 Å². The molecule has 0 aromatic rings. The van der Waals surface area contributed by atoms with Crippen LogP contribution in [0.1, 0.15) is 39.0 Å². The Morgan fingerprint density at radius 1 is 1.38 bits per heavy atom. The van der Waals surface area contributed by atoms with Gasteiger partial charge in [-0.1, -0.05) is 12.8 Å². The van der Waals surface area contributed by atoms with Gasteiger partial charge in [0.2, 0.25) is 5.91 Å².